The number of furan rings is 1. The second kappa shape index (κ2) is 7.38. The summed E-state index contributed by atoms with van der Waals surface area (Å²) >= 11 is 0. The molecule has 0 unspecified atom stereocenters. The predicted octanol–water partition coefficient (Wildman–Crippen LogP) is -1.46. The molecule has 0 amide bonds. The predicted molar refractivity (Wildman–Crippen MR) is 65.1 cm³/mol. The number of hydrogen-bond donors (Lipinski definition) is 0. The van der Waals surface area contributed by atoms with Crippen molar-refractivity contribution >= 4 is 5.97 Å². The quantitative estimate of drug-likeness (QED) is 0.628. The number of methoxy groups -OCH3 is 1. The second-order valence-electron chi connectivity index (χ2n) is 3.93. The van der Waals surface area contributed by atoms with Gasteiger partial charge in [0.2, 0.25) is 0 Å². The molecule has 0 fully saturated rings. The Morgan fingerprint density at radius 2 is 1.85 bits per heavy atom. The van der Waals surface area contributed by atoms with Crippen molar-refractivity contribution in [2.75, 3.05) is 7.11 Å². The van der Waals surface area contributed by atoms with Crippen LogP contribution in [0.5, 0.6) is 11.5 Å². The monoisotopic (exact) mass is 284 g/mol. The van der Waals surface area contributed by atoms with Crippen molar-refractivity contribution in [1.29, 1.82) is 0 Å². The summed E-state index contributed by atoms with van der Waals surface area (Å²) in [4.78, 5) is 10.8. The number of aryl methyl sites for hydroxylation is 1. The molecule has 0 saturated heterocycles. The molecule has 0 spiro atoms. The largest absolute Gasteiger partial charge is 1.00 e. The van der Waals surface area contributed by atoms with Crippen molar-refractivity contribution < 1.29 is 53.3 Å². The Balaban J connectivity index is 0.00000200. The van der Waals surface area contributed by atoms with Gasteiger partial charge in [-0.1, -0.05) is 0 Å². The molecular formula is C14H13NaO5. The third kappa shape index (κ3) is 4.03. The van der Waals surface area contributed by atoms with Crippen molar-refractivity contribution in [3.63, 3.8) is 0 Å². The Kier molecular flexibility index (Phi) is 6.13. The van der Waals surface area contributed by atoms with Crippen LogP contribution in [0.4, 0.5) is 0 Å². The third-order valence-electron chi connectivity index (χ3n) is 2.63. The van der Waals surface area contributed by atoms with Gasteiger partial charge >= 0.3 is 29.6 Å². The van der Waals surface area contributed by atoms with Crippen LogP contribution in [-0.2, 0) is 6.61 Å². The molecule has 2 aromatic rings. The van der Waals surface area contributed by atoms with Crippen LogP contribution in [0, 0.1) is 6.92 Å². The van der Waals surface area contributed by atoms with Gasteiger partial charge in [0.15, 0.2) is 0 Å². The van der Waals surface area contributed by atoms with Gasteiger partial charge in [-0.3, -0.25) is 0 Å². The zero-order valence-electron chi connectivity index (χ0n) is 11.6. The maximum Gasteiger partial charge on any atom is 1.00 e. The van der Waals surface area contributed by atoms with Crippen molar-refractivity contribution in [2.45, 2.75) is 13.5 Å². The SMILES string of the molecule is COc1ccc(OCc2cc(C(=O)[O-])c(C)o2)cc1.[Na+]. The van der Waals surface area contributed by atoms with Gasteiger partial charge in [-0.05, 0) is 37.3 Å². The van der Waals surface area contributed by atoms with E-state index in [0.29, 0.717) is 17.3 Å². The number of carboxylic acids is 1. The summed E-state index contributed by atoms with van der Waals surface area (Å²) in [6, 6.07) is 8.47. The molecule has 2 rings (SSSR count). The van der Waals surface area contributed by atoms with Gasteiger partial charge in [0, 0.05) is 5.56 Å². The summed E-state index contributed by atoms with van der Waals surface area (Å²) in [6.45, 7) is 1.72. The zero-order valence-corrected chi connectivity index (χ0v) is 13.6. The van der Waals surface area contributed by atoms with E-state index in [1.54, 1.807) is 38.3 Å². The average Bonchev–Trinajstić information content (AvgIpc) is 2.78. The average molecular weight is 284 g/mol. The fraction of sp³-hybridized carbons (Fsp3) is 0.214. The first-order chi connectivity index (χ1) is 9.10. The maximum absolute atomic E-state index is 10.8. The molecule has 5 nitrogen and oxygen atoms in total. The van der Waals surface area contributed by atoms with Gasteiger partial charge in [0.05, 0.1) is 13.1 Å². The summed E-state index contributed by atoms with van der Waals surface area (Å²) in [6.07, 6.45) is 0. The molecular weight excluding hydrogens is 271 g/mol. The summed E-state index contributed by atoms with van der Waals surface area (Å²) in [5.41, 5.74) is 0.0494. The molecule has 0 radical (unpaired) electrons. The maximum atomic E-state index is 10.8. The molecule has 0 aliphatic heterocycles. The van der Waals surface area contributed by atoms with Crippen LogP contribution in [-0.4, -0.2) is 13.1 Å². The number of aromatic carboxylic acids is 1. The minimum absolute atomic E-state index is 0. The molecule has 0 aliphatic rings. The first-order valence-corrected chi connectivity index (χ1v) is 5.67. The topological polar surface area (TPSA) is 71.7 Å². The van der Waals surface area contributed by atoms with E-state index in [1.807, 2.05) is 0 Å². The van der Waals surface area contributed by atoms with E-state index < -0.39 is 5.97 Å². The van der Waals surface area contributed by atoms with E-state index in [9.17, 15) is 9.90 Å². The van der Waals surface area contributed by atoms with Crippen molar-refractivity contribution in [1.82, 2.24) is 0 Å². The third-order valence-corrected chi connectivity index (χ3v) is 2.63. The van der Waals surface area contributed by atoms with Crippen molar-refractivity contribution in [2.24, 2.45) is 0 Å². The standard InChI is InChI=1S/C14H14O5.Na/c1-9-13(14(15)16)7-12(19-9)8-18-11-5-3-10(17-2)4-6-11;/h3-7H,8H2,1-2H3,(H,15,16);/q;+1/p-1. The molecule has 6 heteroatoms. The van der Waals surface area contributed by atoms with E-state index in [2.05, 4.69) is 0 Å². The molecule has 0 saturated carbocycles. The van der Waals surface area contributed by atoms with Crippen LogP contribution >= 0.6 is 0 Å². The number of hydrogen-bond acceptors (Lipinski definition) is 5. The molecule has 20 heavy (non-hydrogen) atoms. The summed E-state index contributed by atoms with van der Waals surface area (Å²) in [5.74, 6) is 0.878. The Bertz CT molecular complexity index is 574. The van der Waals surface area contributed by atoms with Crippen LogP contribution in [0.2, 0.25) is 0 Å². The normalized spacial score (nSPS) is 9.70. The van der Waals surface area contributed by atoms with Crippen molar-refractivity contribution in [3.05, 3.63) is 47.4 Å². The van der Waals surface area contributed by atoms with Gasteiger partial charge < -0.3 is 23.8 Å². The molecule has 0 N–H and O–H groups in total. The number of carbonyl (C=O) groups is 1. The van der Waals surface area contributed by atoms with Gasteiger partial charge in [-0.25, -0.2) is 0 Å². The first kappa shape index (κ1) is 16.6. The van der Waals surface area contributed by atoms with E-state index in [4.69, 9.17) is 13.9 Å². The van der Waals surface area contributed by atoms with Crippen LogP contribution in [0.25, 0.3) is 0 Å². The minimum Gasteiger partial charge on any atom is -0.545 e. The summed E-state index contributed by atoms with van der Waals surface area (Å²) in [5, 5.41) is 10.8. The van der Waals surface area contributed by atoms with Crippen LogP contribution in [0.15, 0.2) is 34.7 Å². The van der Waals surface area contributed by atoms with Gasteiger partial charge in [-0.15, -0.1) is 0 Å². The van der Waals surface area contributed by atoms with Gasteiger partial charge in [0.1, 0.15) is 29.6 Å². The Labute approximate surface area is 138 Å². The Hall–Kier alpha value is -1.43. The number of carboxylic acid groups (broad SMARTS) is 1. The van der Waals surface area contributed by atoms with E-state index in [-0.39, 0.29) is 41.7 Å². The van der Waals surface area contributed by atoms with Crippen molar-refractivity contribution in [3.8, 4) is 11.5 Å². The Morgan fingerprint density at radius 1 is 1.25 bits per heavy atom. The number of benzene rings is 1. The number of carbonyl (C=O) groups excluding carboxylic acids is 1. The van der Waals surface area contributed by atoms with E-state index in [0.717, 1.165) is 5.75 Å². The minimum atomic E-state index is -1.25. The molecule has 1 aromatic heterocycles. The fourth-order valence-corrected chi connectivity index (χ4v) is 1.64. The van der Waals surface area contributed by atoms with Gasteiger partial charge in [0.25, 0.3) is 0 Å². The first-order valence-electron chi connectivity index (χ1n) is 5.67. The van der Waals surface area contributed by atoms with E-state index >= 15 is 0 Å². The second-order valence-corrected chi connectivity index (χ2v) is 3.93. The fourth-order valence-electron chi connectivity index (χ4n) is 1.64. The molecule has 1 heterocycles. The van der Waals surface area contributed by atoms with Crippen LogP contribution in [0.1, 0.15) is 21.9 Å². The molecule has 100 valence electrons. The van der Waals surface area contributed by atoms with Gasteiger partial charge in [-0.2, -0.15) is 0 Å². The zero-order chi connectivity index (χ0) is 13.8. The summed E-state index contributed by atoms with van der Waals surface area (Å²) < 4.78 is 15.8. The molecule has 1 aromatic carbocycles. The molecule has 0 bridgehead atoms. The smallest absolute Gasteiger partial charge is 0.545 e. The molecule has 0 aliphatic carbocycles. The Morgan fingerprint density at radius 3 is 2.35 bits per heavy atom. The van der Waals surface area contributed by atoms with E-state index in [1.165, 1.54) is 6.07 Å². The molecule has 0 atom stereocenters. The number of rotatable bonds is 5. The summed E-state index contributed by atoms with van der Waals surface area (Å²) in [7, 11) is 1.59. The number of ether oxygens (including phenoxy) is 2. The van der Waals surface area contributed by atoms with Crippen LogP contribution in [0.3, 0.4) is 0 Å². The van der Waals surface area contributed by atoms with Crippen LogP contribution < -0.4 is 44.1 Å².